The molecule has 1 heterocycles. The van der Waals surface area contributed by atoms with Gasteiger partial charge in [0.05, 0.1) is 5.56 Å². The third-order valence-electron chi connectivity index (χ3n) is 2.08. The fraction of sp³-hybridized carbons (Fsp3) is 0.182. The molecule has 19 heavy (non-hydrogen) atoms. The van der Waals surface area contributed by atoms with Crippen LogP contribution in [0.5, 0.6) is 0 Å². The van der Waals surface area contributed by atoms with Crippen molar-refractivity contribution in [3.63, 3.8) is 0 Å². The SMILES string of the molecule is O=C(O)COCc1nnc(-c2cc(Cl)ccc2Br)o1. The van der Waals surface area contributed by atoms with Crippen molar-refractivity contribution >= 4 is 33.5 Å². The summed E-state index contributed by atoms with van der Waals surface area (Å²) in [6, 6.07) is 5.17. The minimum atomic E-state index is -1.06. The van der Waals surface area contributed by atoms with E-state index in [-0.39, 0.29) is 18.4 Å². The Balaban J connectivity index is 2.12. The van der Waals surface area contributed by atoms with E-state index in [0.29, 0.717) is 10.6 Å². The van der Waals surface area contributed by atoms with E-state index in [1.165, 1.54) is 0 Å². The fourth-order valence-electron chi connectivity index (χ4n) is 1.31. The first-order chi connectivity index (χ1) is 9.06. The summed E-state index contributed by atoms with van der Waals surface area (Å²) < 4.78 is 11.0. The standard InChI is InChI=1S/C11H8BrClN2O4/c12-8-2-1-6(13)3-7(8)11-15-14-9(19-11)4-18-5-10(16)17/h1-3H,4-5H2,(H,16,17). The molecule has 0 atom stereocenters. The number of halogens is 2. The molecule has 0 unspecified atom stereocenters. The number of ether oxygens (including phenoxy) is 1. The molecular formula is C11H8BrClN2O4. The first-order valence-electron chi connectivity index (χ1n) is 5.13. The predicted molar refractivity (Wildman–Crippen MR) is 69.7 cm³/mol. The van der Waals surface area contributed by atoms with E-state index < -0.39 is 12.6 Å². The summed E-state index contributed by atoms with van der Waals surface area (Å²) in [5, 5.41) is 16.6. The lowest BCUT2D eigenvalue weighted by molar-refractivity contribution is -0.142. The topological polar surface area (TPSA) is 85.5 Å². The maximum atomic E-state index is 10.3. The van der Waals surface area contributed by atoms with Crippen molar-refractivity contribution in [2.24, 2.45) is 0 Å². The Morgan fingerprint density at radius 2 is 2.26 bits per heavy atom. The lowest BCUT2D eigenvalue weighted by Gasteiger charge is -1.99. The first kappa shape index (κ1) is 14.0. The zero-order valence-corrected chi connectivity index (χ0v) is 11.8. The molecule has 0 aliphatic carbocycles. The number of hydrogen-bond donors (Lipinski definition) is 1. The van der Waals surface area contributed by atoms with Crippen LogP contribution in [0.2, 0.25) is 5.02 Å². The molecule has 0 fully saturated rings. The molecule has 2 rings (SSSR count). The van der Waals surface area contributed by atoms with Crippen molar-refractivity contribution in [1.29, 1.82) is 0 Å². The van der Waals surface area contributed by atoms with Gasteiger partial charge >= 0.3 is 5.97 Å². The second kappa shape index (κ2) is 6.14. The molecule has 0 saturated carbocycles. The average Bonchev–Trinajstić information content (AvgIpc) is 2.80. The van der Waals surface area contributed by atoms with Crippen LogP contribution in [0.4, 0.5) is 0 Å². The molecule has 2 aromatic rings. The third-order valence-corrected chi connectivity index (χ3v) is 3.00. The Kier molecular flexibility index (Phi) is 4.52. The van der Waals surface area contributed by atoms with Crippen molar-refractivity contribution in [3.05, 3.63) is 33.6 Å². The summed E-state index contributed by atoms with van der Waals surface area (Å²) in [5.41, 5.74) is 0.657. The Bertz CT molecular complexity index is 602. The second-order valence-electron chi connectivity index (χ2n) is 3.51. The van der Waals surface area contributed by atoms with Crippen LogP contribution < -0.4 is 0 Å². The van der Waals surface area contributed by atoms with Gasteiger partial charge in [-0.3, -0.25) is 0 Å². The highest BCUT2D eigenvalue weighted by atomic mass is 79.9. The monoisotopic (exact) mass is 346 g/mol. The van der Waals surface area contributed by atoms with Crippen LogP contribution in [-0.2, 0) is 16.1 Å². The zero-order chi connectivity index (χ0) is 13.8. The molecule has 100 valence electrons. The molecule has 0 spiro atoms. The Morgan fingerprint density at radius 1 is 1.47 bits per heavy atom. The lowest BCUT2D eigenvalue weighted by atomic mass is 10.2. The van der Waals surface area contributed by atoms with Crippen molar-refractivity contribution in [2.75, 3.05) is 6.61 Å². The summed E-state index contributed by atoms with van der Waals surface area (Å²) in [5.74, 6) is -0.580. The number of aliphatic carboxylic acids is 1. The van der Waals surface area contributed by atoms with Crippen molar-refractivity contribution in [1.82, 2.24) is 10.2 Å². The fourth-order valence-corrected chi connectivity index (χ4v) is 1.90. The number of carbonyl (C=O) groups is 1. The zero-order valence-electron chi connectivity index (χ0n) is 9.47. The number of carboxylic acids is 1. The van der Waals surface area contributed by atoms with Crippen molar-refractivity contribution < 1.29 is 19.1 Å². The van der Waals surface area contributed by atoms with Gasteiger partial charge in [-0.15, -0.1) is 10.2 Å². The van der Waals surface area contributed by atoms with E-state index in [0.717, 1.165) is 4.47 Å². The van der Waals surface area contributed by atoms with E-state index in [9.17, 15) is 4.79 Å². The molecule has 0 aliphatic heterocycles. The van der Waals surface area contributed by atoms with Crippen LogP contribution >= 0.6 is 27.5 Å². The number of aromatic nitrogens is 2. The predicted octanol–water partition coefficient (Wildman–Crippen LogP) is 2.75. The highest BCUT2D eigenvalue weighted by Gasteiger charge is 2.12. The van der Waals surface area contributed by atoms with Gasteiger partial charge < -0.3 is 14.3 Å². The summed E-state index contributed by atoms with van der Waals surface area (Å²) in [6.45, 7) is -0.476. The van der Waals surface area contributed by atoms with E-state index in [4.69, 9.17) is 25.9 Å². The van der Waals surface area contributed by atoms with Gasteiger partial charge in [-0.1, -0.05) is 11.6 Å². The van der Waals surface area contributed by atoms with Gasteiger partial charge in [0, 0.05) is 9.50 Å². The average molecular weight is 348 g/mol. The summed E-state index contributed by atoms with van der Waals surface area (Å²) in [7, 11) is 0. The number of benzene rings is 1. The second-order valence-corrected chi connectivity index (χ2v) is 4.80. The number of hydrogen-bond acceptors (Lipinski definition) is 5. The van der Waals surface area contributed by atoms with Crippen LogP contribution in [0, 0.1) is 0 Å². The number of carboxylic acid groups (broad SMARTS) is 1. The Labute approximate surface area is 121 Å². The van der Waals surface area contributed by atoms with Gasteiger partial charge in [-0.2, -0.15) is 0 Å². The number of rotatable bonds is 5. The maximum absolute atomic E-state index is 10.3. The van der Waals surface area contributed by atoms with E-state index in [2.05, 4.69) is 26.1 Å². The molecule has 1 N–H and O–H groups in total. The van der Waals surface area contributed by atoms with Gasteiger partial charge in [-0.25, -0.2) is 4.79 Å². The highest BCUT2D eigenvalue weighted by Crippen LogP contribution is 2.29. The third kappa shape index (κ3) is 3.76. The molecule has 0 amide bonds. The maximum Gasteiger partial charge on any atom is 0.329 e. The first-order valence-corrected chi connectivity index (χ1v) is 6.30. The Hall–Kier alpha value is -1.44. The number of nitrogens with zero attached hydrogens (tertiary/aromatic N) is 2. The van der Waals surface area contributed by atoms with Crippen LogP contribution in [0.3, 0.4) is 0 Å². The summed E-state index contributed by atoms with van der Waals surface area (Å²) in [4.78, 5) is 10.3. The van der Waals surface area contributed by atoms with Crippen LogP contribution in [0.15, 0.2) is 27.1 Å². The quantitative estimate of drug-likeness (QED) is 0.895. The van der Waals surface area contributed by atoms with Gasteiger partial charge in [0.2, 0.25) is 11.8 Å². The van der Waals surface area contributed by atoms with E-state index in [1.807, 2.05) is 0 Å². The van der Waals surface area contributed by atoms with E-state index in [1.54, 1.807) is 18.2 Å². The largest absolute Gasteiger partial charge is 0.480 e. The smallest absolute Gasteiger partial charge is 0.329 e. The molecule has 0 radical (unpaired) electrons. The molecule has 1 aromatic carbocycles. The normalized spacial score (nSPS) is 10.6. The highest BCUT2D eigenvalue weighted by molar-refractivity contribution is 9.10. The summed E-state index contributed by atoms with van der Waals surface area (Å²) in [6.07, 6.45) is 0. The minimum absolute atomic E-state index is 0.0581. The van der Waals surface area contributed by atoms with Crippen LogP contribution in [-0.4, -0.2) is 27.9 Å². The van der Waals surface area contributed by atoms with Gasteiger partial charge in [0.1, 0.15) is 13.2 Å². The minimum Gasteiger partial charge on any atom is -0.480 e. The molecule has 0 bridgehead atoms. The molecule has 1 aromatic heterocycles. The van der Waals surface area contributed by atoms with Gasteiger partial charge in [-0.05, 0) is 34.1 Å². The molecule has 8 heteroatoms. The van der Waals surface area contributed by atoms with Gasteiger partial charge in [0.25, 0.3) is 0 Å². The van der Waals surface area contributed by atoms with Crippen molar-refractivity contribution in [2.45, 2.75) is 6.61 Å². The summed E-state index contributed by atoms with van der Waals surface area (Å²) >= 11 is 9.24. The molecule has 6 nitrogen and oxygen atoms in total. The molecule has 0 aliphatic rings. The lowest BCUT2D eigenvalue weighted by Crippen LogP contribution is -2.06. The van der Waals surface area contributed by atoms with Crippen molar-refractivity contribution in [3.8, 4) is 11.5 Å². The van der Waals surface area contributed by atoms with Crippen LogP contribution in [0.1, 0.15) is 5.89 Å². The molecule has 0 saturated heterocycles. The van der Waals surface area contributed by atoms with Crippen LogP contribution in [0.25, 0.3) is 11.5 Å². The molecular weight excluding hydrogens is 339 g/mol. The van der Waals surface area contributed by atoms with E-state index >= 15 is 0 Å². The van der Waals surface area contributed by atoms with Gasteiger partial charge in [0.15, 0.2) is 0 Å². The Morgan fingerprint density at radius 3 is 3.00 bits per heavy atom.